The standard InChI is InChI=1S/C15H16N6O2S/c1-3-11-17-19-15(24-11)16-13(22)12-14(23-2)21(20-18-12)9-10-7-5-4-6-8-10/h4-8H,3,9H2,1-2H3,(H,16,19,22). The molecule has 0 saturated heterocycles. The van der Waals surface area contributed by atoms with Crippen molar-refractivity contribution < 1.29 is 9.53 Å². The van der Waals surface area contributed by atoms with E-state index in [9.17, 15) is 4.79 Å². The molecule has 0 unspecified atom stereocenters. The van der Waals surface area contributed by atoms with E-state index in [0.717, 1.165) is 17.0 Å². The minimum absolute atomic E-state index is 0.113. The SMILES string of the molecule is CCc1nnc(NC(=O)c2nnn(Cc3ccccc3)c2OC)s1. The summed E-state index contributed by atoms with van der Waals surface area (Å²) < 4.78 is 6.86. The van der Waals surface area contributed by atoms with Crippen molar-refractivity contribution in [2.24, 2.45) is 0 Å². The van der Waals surface area contributed by atoms with Gasteiger partial charge in [0.15, 0.2) is 0 Å². The fourth-order valence-electron chi connectivity index (χ4n) is 2.11. The Labute approximate surface area is 142 Å². The molecule has 0 aliphatic carbocycles. The molecule has 0 spiro atoms. The van der Waals surface area contributed by atoms with Gasteiger partial charge in [-0.2, -0.15) is 0 Å². The summed E-state index contributed by atoms with van der Waals surface area (Å²) in [6.07, 6.45) is 0.768. The average Bonchev–Trinajstić information content (AvgIpc) is 3.22. The Morgan fingerprint density at radius 3 is 2.71 bits per heavy atom. The highest BCUT2D eigenvalue weighted by Gasteiger charge is 2.22. The number of hydrogen-bond donors (Lipinski definition) is 1. The number of benzene rings is 1. The molecular weight excluding hydrogens is 328 g/mol. The molecular formula is C15H16N6O2S. The van der Waals surface area contributed by atoms with Crippen molar-refractivity contribution in [1.82, 2.24) is 25.2 Å². The van der Waals surface area contributed by atoms with Crippen molar-refractivity contribution in [1.29, 1.82) is 0 Å². The van der Waals surface area contributed by atoms with Crippen LogP contribution in [0.3, 0.4) is 0 Å². The molecule has 0 aliphatic rings. The monoisotopic (exact) mass is 344 g/mol. The third-order valence-electron chi connectivity index (χ3n) is 3.26. The predicted octanol–water partition coefficient (Wildman–Crippen LogP) is 2.00. The molecule has 0 fully saturated rings. The Kier molecular flexibility index (Phi) is 4.80. The normalized spacial score (nSPS) is 10.6. The Balaban J connectivity index is 1.79. The zero-order valence-corrected chi connectivity index (χ0v) is 14.1. The minimum atomic E-state index is -0.426. The number of methoxy groups -OCH3 is 1. The molecule has 0 aliphatic heterocycles. The number of carbonyl (C=O) groups excluding carboxylic acids is 1. The van der Waals surface area contributed by atoms with Crippen molar-refractivity contribution >= 4 is 22.4 Å². The number of carbonyl (C=O) groups is 1. The van der Waals surface area contributed by atoms with Crippen LogP contribution in [0.15, 0.2) is 30.3 Å². The Hall–Kier alpha value is -2.81. The summed E-state index contributed by atoms with van der Waals surface area (Å²) in [5.74, 6) is -0.124. The second-order valence-corrected chi connectivity index (χ2v) is 5.96. The molecule has 0 radical (unpaired) electrons. The highest BCUT2D eigenvalue weighted by Crippen LogP contribution is 2.20. The largest absolute Gasteiger partial charge is 0.479 e. The fourth-order valence-corrected chi connectivity index (χ4v) is 2.79. The lowest BCUT2D eigenvalue weighted by molar-refractivity contribution is 0.101. The number of nitrogens with zero attached hydrogens (tertiary/aromatic N) is 5. The molecule has 2 heterocycles. The lowest BCUT2D eigenvalue weighted by Crippen LogP contribution is -2.14. The van der Waals surface area contributed by atoms with Crippen LogP contribution in [0.5, 0.6) is 5.88 Å². The number of amides is 1. The Bertz CT molecular complexity index is 830. The topological polar surface area (TPSA) is 94.8 Å². The van der Waals surface area contributed by atoms with Gasteiger partial charge in [0.25, 0.3) is 5.91 Å². The van der Waals surface area contributed by atoms with Crippen LogP contribution in [0.4, 0.5) is 5.13 Å². The summed E-state index contributed by atoms with van der Waals surface area (Å²) in [5, 5.41) is 19.8. The van der Waals surface area contributed by atoms with Gasteiger partial charge in [-0.05, 0) is 12.0 Å². The van der Waals surface area contributed by atoms with Crippen molar-refractivity contribution in [3.63, 3.8) is 0 Å². The molecule has 0 saturated carbocycles. The molecule has 3 rings (SSSR count). The first-order chi connectivity index (χ1) is 11.7. The molecule has 124 valence electrons. The maximum Gasteiger partial charge on any atom is 0.283 e. The lowest BCUT2D eigenvalue weighted by atomic mass is 10.2. The fraction of sp³-hybridized carbons (Fsp3) is 0.267. The van der Waals surface area contributed by atoms with Gasteiger partial charge in [0, 0.05) is 0 Å². The van der Waals surface area contributed by atoms with Crippen molar-refractivity contribution in [2.45, 2.75) is 19.9 Å². The summed E-state index contributed by atoms with van der Waals surface area (Å²) in [7, 11) is 1.48. The van der Waals surface area contributed by atoms with Crippen LogP contribution < -0.4 is 10.1 Å². The van der Waals surface area contributed by atoms with Crippen LogP contribution in [0.1, 0.15) is 28.0 Å². The third kappa shape index (κ3) is 3.40. The van der Waals surface area contributed by atoms with Gasteiger partial charge in [-0.25, -0.2) is 4.68 Å². The Morgan fingerprint density at radius 2 is 2.04 bits per heavy atom. The minimum Gasteiger partial charge on any atom is -0.479 e. The molecule has 0 atom stereocenters. The molecule has 2 aromatic heterocycles. The van der Waals surface area contributed by atoms with E-state index in [2.05, 4.69) is 25.8 Å². The first-order valence-electron chi connectivity index (χ1n) is 7.36. The van der Waals surface area contributed by atoms with Crippen LogP contribution in [0.25, 0.3) is 0 Å². The smallest absolute Gasteiger partial charge is 0.283 e. The summed E-state index contributed by atoms with van der Waals surface area (Å²) >= 11 is 1.33. The molecule has 3 aromatic rings. The molecule has 0 bridgehead atoms. The van der Waals surface area contributed by atoms with Crippen LogP contribution in [0, 0.1) is 0 Å². The van der Waals surface area contributed by atoms with E-state index in [1.165, 1.54) is 18.4 Å². The van der Waals surface area contributed by atoms with Gasteiger partial charge < -0.3 is 4.74 Å². The van der Waals surface area contributed by atoms with Crippen molar-refractivity contribution in [2.75, 3.05) is 12.4 Å². The summed E-state index contributed by atoms with van der Waals surface area (Å²) in [5.41, 5.74) is 1.14. The maximum atomic E-state index is 12.4. The first kappa shape index (κ1) is 16.1. The van der Waals surface area contributed by atoms with Crippen LogP contribution >= 0.6 is 11.3 Å². The van der Waals surface area contributed by atoms with Crippen molar-refractivity contribution in [3.05, 3.63) is 46.6 Å². The maximum absolute atomic E-state index is 12.4. The van der Waals surface area contributed by atoms with E-state index >= 15 is 0 Å². The highest BCUT2D eigenvalue weighted by molar-refractivity contribution is 7.15. The molecule has 1 aromatic carbocycles. The quantitative estimate of drug-likeness (QED) is 0.735. The van der Waals surface area contributed by atoms with E-state index in [1.807, 2.05) is 37.3 Å². The van der Waals surface area contributed by atoms with Gasteiger partial charge in [-0.1, -0.05) is 53.8 Å². The number of nitrogens with one attached hydrogen (secondary N) is 1. The zero-order valence-electron chi connectivity index (χ0n) is 13.3. The second kappa shape index (κ2) is 7.18. The molecule has 24 heavy (non-hydrogen) atoms. The number of aryl methyl sites for hydroxylation is 1. The van der Waals surface area contributed by atoms with Gasteiger partial charge in [-0.3, -0.25) is 10.1 Å². The number of aromatic nitrogens is 5. The average molecular weight is 344 g/mol. The predicted molar refractivity (Wildman–Crippen MR) is 89.4 cm³/mol. The molecule has 9 heteroatoms. The molecule has 1 amide bonds. The summed E-state index contributed by atoms with van der Waals surface area (Å²) in [6, 6.07) is 9.75. The number of hydrogen-bond acceptors (Lipinski definition) is 7. The van der Waals surface area contributed by atoms with E-state index in [1.54, 1.807) is 4.68 Å². The van der Waals surface area contributed by atoms with Gasteiger partial charge in [0.05, 0.1) is 13.7 Å². The summed E-state index contributed by atoms with van der Waals surface area (Å²) in [4.78, 5) is 12.4. The zero-order chi connectivity index (χ0) is 16.9. The van der Waals surface area contributed by atoms with Crippen LogP contribution in [-0.2, 0) is 13.0 Å². The Morgan fingerprint density at radius 1 is 1.25 bits per heavy atom. The first-order valence-corrected chi connectivity index (χ1v) is 8.18. The lowest BCUT2D eigenvalue weighted by Gasteiger charge is -2.06. The second-order valence-electron chi connectivity index (χ2n) is 4.90. The van der Waals surface area contributed by atoms with E-state index in [4.69, 9.17) is 4.74 Å². The number of anilines is 1. The number of ether oxygens (including phenoxy) is 1. The van der Waals surface area contributed by atoms with Gasteiger partial charge >= 0.3 is 0 Å². The molecule has 8 nitrogen and oxygen atoms in total. The van der Waals surface area contributed by atoms with Crippen molar-refractivity contribution in [3.8, 4) is 5.88 Å². The van der Waals surface area contributed by atoms with Crippen LogP contribution in [0.2, 0.25) is 0 Å². The van der Waals surface area contributed by atoms with Crippen LogP contribution in [-0.4, -0.2) is 38.2 Å². The number of rotatable bonds is 6. The third-order valence-corrected chi connectivity index (χ3v) is 4.25. The molecule has 1 N–H and O–H groups in total. The summed E-state index contributed by atoms with van der Waals surface area (Å²) in [6.45, 7) is 2.44. The van der Waals surface area contributed by atoms with E-state index < -0.39 is 5.91 Å². The van der Waals surface area contributed by atoms with E-state index in [0.29, 0.717) is 17.6 Å². The van der Waals surface area contributed by atoms with Gasteiger partial charge in [-0.15, -0.1) is 15.3 Å². The van der Waals surface area contributed by atoms with E-state index in [-0.39, 0.29) is 5.69 Å². The van der Waals surface area contributed by atoms with Gasteiger partial charge in [0.1, 0.15) is 5.01 Å². The van der Waals surface area contributed by atoms with Gasteiger partial charge in [0.2, 0.25) is 16.7 Å². The highest BCUT2D eigenvalue weighted by atomic mass is 32.1.